The SMILES string of the molecule is CC(C)c1cc(C(O)Nc2ccc(C[C@@H]3NC[C@@H]3F)cc2)n(C)n1. The van der Waals surface area contributed by atoms with Gasteiger partial charge in [-0.15, -0.1) is 0 Å². The molecule has 130 valence electrons. The van der Waals surface area contributed by atoms with Crippen LogP contribution >= 0.6 is 0 Å². The molecular weight excluding hydrogens is 307 g/mol. The Morgan fingerprint density at radius 2 is 2.08 bits per heavy atom. The summed E-state index contributed by atoms with van der Waals surface area (Å²) in [7, 11) is 1.83. The Labute approximate surface area is 141 Å². The van der Waals surface area contributed by atoms with Crippen molar-refractivity contribution in [3.63, 3.8) is 0 Å². The molecule has 1 fully saturated rings. The Balaban J connectivity index is 1.63. The van der Waals surface area contributed by atoms with Gasteiger partial charge < -0.3 is 15.7 Å². The lowest BCUT2D eigenvalue weighted by molar-refractivity contribution is 0.158. The number of aliphatic hydroxyl groups is 1. The molecule has 5 nitrogen and oxygen atoms in total. The van der Waals surface area contributed by atoms with E-state index in [-0.39, 0.29) is 6.04 Å². The van der Waals surface area contributed by atoms with E-state index in [0.717, 1.165) is 22.6 Å². The van der Waals surface area contributed by atoms with Gasteiger partial charge in [-0.25, -0.2) is 4.39 Å². The number of nitrogens with zero attached hydrogens (tertiary/aromatic N) is 2. The van der Waals surface area contributed by atoms with Crippen LogP contribution < -0.4 is 10.6 Å². The largest absolute Gasteiger partial charge is 0.368 e. The predicted octanol–water partition coefficient (Wildman–Crippen LogP) is 2.50. The van der Waals surface area contributed by atoms with E-state index in [2.05, 4.69) is 29.6 Å². The summed E-state index contributed by atoms with van der Waals surface area (Å²) in [5.41, 5.74) is 3.58. The van der Waals surface area contributed by atoms with Crippen LogP contribution in [0.15, 0.2) is 30.3 Å². The second kappa shape index (κ2) is 6.91. The molecule has 0 aliphatic carbocycles. The van der Waals surface area contributed by atoms with Gasteiger partial charge >= 0.3 is 0 Å². The number of benzene rings is 1. The quantitative estimate of drug-likeness (QED) is 0.711. The first-order chi connectivity index (χ1) is 11.4. The monoisotopic (exact) mass is 332 g/mol. The van der Waals surface area contributed by atoms with Gasteiger partial charge in [-0.3, -0.25) is 4.68 Å². The zero-order chi connectivity index (χ0) is 17.3. The number of aromatic nitrogens is 2. The molecule has 2 heterocycles. The van der Waals surface area contributed by atoms with Crippen LogP contribution in [-0.2, 0) is 13.5 Å². The number of halogens is 1. The molecule has 0 amide bonds. The van der Waals surface area contributed by atoms with Gasteiger partial charge in [0.05, 0.1) is 11.4 Å². The first kappa shape index (κ1) is 16.9. The van der Waals surface area contributed by atoms with Gasteiger partial charge in [0.15, 0.2) is 6.23 Å². The lowest BCUT2D eigenvalue weighted by atomic mass is 9.96. The summed E-state index contributed by atoms with van der Waals surface area (Å²) in [6.07, 6.45) is -0.891. The Morgan fingerprint density at radius 3 is 2.58 bits per heavy atom. The lowest BCUT2D eigenvalue weighted by Gasteiger charge is -2.32. The fraction of sp³-hybridized carbons (Fsp3) is 0.500. The van der Waals surface area contributed by atoms with Crippen molar-refractivity contribution in [3.05, 3.63) is 47.3 Å². The smallest absolute Gasteiger partial charge is 0.167 e. The summed E-state index contributed by atoms with van der Waals surface area (Å²) in [5.74, 6) is 0.316. The highest BCUT2D eigenvalue weighted by molar-refractivity contribution is 5.46. The second-order valence-electron chi connectivity index (χ2n) is 6.75. The Hall–Kier alpha value is -1.92. The summed E-state index contributed by atoms with van der Waals surface area (Å²) in [6.45, 7) is 4.60. The molecule has 3 N–H and O–H groups in total. The summed E-state index contributed by atoms with van der Waals surface area (Å²) in [4.78, 5) is 0. The maximum absolute atomic E-state index is 13.3. The van der Waals surface area contributed by atoms with Crippen molar-refractivity contribution in [1.82, 2.24) is 15.1 Å². The molecule has 1 aliphatic heterocycles. The van der Waals surface area contributed by atoms with E-state index >= 15 is 0 Å². The van der Waals surface area contributed by atoms with E-state index < -0.39 is 12.4 Å². The number of aryl methyl sites for hydroxylation is 1. The Bertz CT molecular complexity index is 683. The molecule has 24 heavy (non-hydrogen) atoms. The van der Waals surface area contributed by atoms with Crippen molar-refractivity contribution in [3.8, 4) is 0 Å². The van der Waals surface area contributed by atoms with Crippen molar-refractivity contribution in [2.45, 2.75) is 44.6 Å². The van der Waals surface area contributed by atoms with E-state index in [0.29, 0.717) is 18.9 Å². The third kappa shape index (κ3) is 3.60. The number of hydrogen-bond acceptors (Lipinski definition) is 4. The number of nitrogens with one attached hydrogen (secondary N) is 2. The molecule has 2 aromatic rings. The Kier molecular flexibility index (Phi) is 4.87. The Morgan fingerprint density at radius 1 is 1.38 bits per heavy atom. The third-order valence-electron chi connectivity index (χ3n) is 4.53. The van der Waals surface area contributed by atoms with E-state index in [1.54, 1.807) is 4.68 Å². The summed E-state index contributed by atoms with van der Waals surface area (Å²) < 4.78 is 15.0. The molecule has 6 heteroatoms. The van der Waals surface area contributed by atoms with Gasteiger partial charge in [0.25, 0.3) is 0 Å². The average molecular weight is 332 g/mol. The molecule has 0 saturated carbocycles. The standard InChI is InChI=1S/C18H25FN4O/c1-11(2)15-9-17(23(3)22-15)18(24)21-13-6-4-12(5-7-13)8-16-14(19)10-20-16/h4-7,9,11,14,16,18,20-21,24H,8,10H2,1-3H3/t14-,16-,18?/m0/s1. The van der Waals surface area contributed by atoms with Crippen molar-refractivity contribution >= 4 is 5.69 Å². The van der Waals surface area contributed by atoms with Crippen molar-refractivity contribution in [2.24, 2.45) is 7.05 Å². The highest BCUT2D eigenvalue weighted by Gasteiger charge is 2.29. The molecular formula is C18H25FN4O. The molecule has 1 saturated heterocycles. The average Bonchev–Trinajstić information content (AvgIpc) is 2.95. The maximum atomic E-state index is 13.3. The van der Waals surface area contributed by atoms with Crippen molar-refractivity contribution in [2.75, 3.05) is 11.9 Å². The van der Waals surface area contributed by atoms with Gasteiger partial charge in [-0.2, -0.15) is 5.10 Å². The van der Waals surface area contributed by atoms with Crippen LogP contribution in [0.2, 0.25) is 0 Å². The molecule has 1 unspecified atom stereocenters. The minimum Gasteiger partial charge on any atom is -0.368 e. The van der Waals surface area contributed by atoms with E-state index in [1.807, 2.05) is 37.4 Å². The maximum Gasteiger partial charge on any atom is 0.167 e. The molecule has 3 atom stereocenters. The molecule has 0 bridgehead atoms. The van der Waals surface area contributed by atoms with Gasteiger partial charge in [-0.1, -0.05) is 26.0 Å². The molecule has 1 aromatic heterocycles. The molecule has 1 aliphatic rings. The number of aliphatic hydroxyl groups excluding tert-OH is 1. The molecule has 1 aromatic carbocycles. The van der Waals surface area contributed by atoms with Crippen LogP contribution in [0, 0.1) is 0 Å². The first-order valence-corrected chi connectivity index (χ1v) is 8.39. The predicted molar refractivity (Wildman–Crippen MR) is 92.7 cm³/mol. The summed E-state index contributed by atoms with van der Waals surface area (Å²) in [6, 6.07) is 9.59. The van der Waals surface area contributed by atoms with Crippen LogP contribution in [0.5, 0.6) is 0 Å². The molecule has 0 spiro atoms. The van der Waals surface area contributed by atoms with Gasteiger partial charge in [0, 0.05) is 25.3 Å². The molecule has 3 rings (SSSR count). The van der Waals surface area contributed by atoms with Crippen LogP contribution in [0.1, 0.15) is 42.9 Å². The minimum absolute atomic E-state index is 0.0710. The van der Waals surface area contributed by atoms with Crippen LogP contribution in [-0.4, -0.2) is 33.6 Å². The number of alkyl halides is 1. The van der Waals surface area contributed by atoms with Crippen molar-refractivity contribution in [1.29, 1.82) is 0 Å². The topological polar surface area (TPSA) is 62.1 Å². The fourth-order valence-electron chi connectivity index (χ4n) is 2.84. The highest BCUT2D eigenvalue weighted by atomic mass is 19.1. The number of hydrogen-bond donors (Lipinski definition) is 3. The van der Waals surface area contributed by atoms with Gasteiger partial charge in [-0.05, 0) is 36.1 Å². The molecule has 0 radical (unpaired) electrons. The number of rotatable bonds is 6. The van der Waals surface area contributed by atoms with Crippen molar-refractivity contribution < 1.29 is 9.50 Å². The normalized spacial score (nSPS) is 21.6. The fourth-order valence-corrected chi connectivity index (χ4v) is 2.84. The minimum atomic E-state index is -0.829. The van der Waals surface area contributed by atoms with E-state index in [1.165, 1.54) is 0 Å². The van der Waals surface area contributed by atoms with Gasteiger partial charge in [0.2, 0.25) is 0 Å². The third-order valence-corrected chi connectivity index (χ3v) is 4.53. The van der Waals surface area contributed by atoms with E-state index in [4.69, 9.17) is 0 Å². The van der Waals surface area contributed by atoms with E-state index in [9.17, 15) is 9.50 Å². The highest BCUT2D eigenvalue weighted by Crippen LogP contribution is 2.22. The summed E-state index contributed by atoms with van der Waals surface area (Å²) in [5, 5.41) is 21.0. The zero-order valence-electron chi connectivity index (χ0n) is 14.3. The van der Waals surface area contributed by atoms with Gasteiger partial charge in [0.1, 0.15) is 6.17 Å². The first-order valence-electron chi connectivity index (χ1n) is 8.39. The van der Waals surface area contributed by atoms with Crippen LogP contribution in [0.4, 0.5) is 10.1 Å². The zero-order valence-corrected chi connectivity index (χ0v) is 14.3. The second-order valence-corrected chi connectivity index (χ2v) is 6.75. The van der Waals surface area contributed by atoms with Crippen LogP contribution in [0.3, 0.4) is 0 Å². The number of anilines is 1. The van der Waals surface area contributed by atoms with Crippen LogP contribution in [0.25, 0.3) is 0 Å². The summed E-state index contributed by atoms with van der Waals surface area (Å²) >= 11 is 0. The lowest BCUT2D eigenvalue weighted by Crippen LogP contribution is -2.55.